The summed E-state index contributed by atoms with van der Waals surface area (Å²) < 4.78 is 26.8. The lowest BCUT2D eigenvalue weighted by molar-refractivity contribution is 0.0599. The van der Waals surface area contributed by atoms with Gasteiger partial charge in [0.15, 0.2) is 0 Å². The van der Waals surface area contributed by atoms with Crippen molar-refractivity contribution in [1.29, 1.82) is 0 Å². The Balaban J connectivity index is 1.45. The molecule has 0 atom stereocenters. The van der Waals surface area contributed by atoms with E-state index in [2.05, 4.69) is 86.3 Å². The smallest absolute Gasteiger partial charge is 0.338 e. The van der Waals surface area contributed by atoms with Crippen LogP contribution in [0, 0.1) is 18.7 Å². The molecule has 1 heterocycles. The van der Waals surface area contributed by atoms with E-state index >= 15 is 0 Å². The molecule has 0 N–H and O–H groups in total. The number of piperidine rings is 1. The average molecular weight is 534 g/mol. The minimum absolute atomic E-state index is 0.0369. The molecule has 0 radical (unpaired) electrons. The highest BCUT2D eigenvalue weighted by Gasteiger charge is 2.50. The van der Waals surface area contributed by atoms with Gasteiger partial charge in [-0.1, -0.05) is 81.4 Å². The molecule has 3 aromatic rings. The van der Waals surface area contributed by atoms with Gasteiger partial charge in [0.1, 0.15) is 5.82 Å². The summed E-state index contributed by atoms with van der Waals surface area (Å²) in [6.45, 7) is 11.0. The fraction of sp³-hybridized carbons (Fsp3) is 0.406. The van der Waals surface area contributed by atoms with Gasteiger partial charge in [-0.05, 0) is 65.2 Å². The first kappa shape index (κ1) is 28.1. The number of rotatable bonds is 8. The van der Waals surface area contributed by atoms with Crippen LogP contribution in [0.2, 0.25) is 5.04 Å². The molecule has 0 amide bonds. The maximum atomic E-state index is 14.9. The van der Waals surface area contributed by atoms with Crippen molar-refractivity contribution >= 4 is 30.3 Å². The third-order valence-corrected chi connectivity index (χ3v) is 13.0. The van der Waals surface area contributed by atoms with E-state index in [1.807, 2.05) is 6.92 Å². The number of esters is 1. The van der Waals surface area contributed by atoms with Gasteiger partial charge in [0.25, 0.3) is 8.32 Å². The molecular formula is C32H40FNO3Si. The molecule has 0 bridgehead atoms. The van der Waals surface area contributed by atoms with E-state index in [1.54, 1.807) is 6.07 Å². The Morgan fingerprint density at radius 3 is 2.03 bits per heavy atom. The van der Waals surface area contributed by atoms with E-state index in [0.29, 0.717) is 18.2 Å². The third kappa shape index (κ3) is 5.71. The lowest BCUT2D eigenvalue weighted by atomic mass is 9.93. The first-order valence-electron chi connectivity index (χ1n) is 13.6. The van der Waals surface area contributed by atoms with E-state index in [-0.39, 0.29) is 16.4 Å². The molecule has 6 heteroatoms. The summed E-state index contributed by atoms with van der Waals surface area (Å²) in [4.78, 5) is 14.0. The summed E-state index contributed by atoms with van der Waals surface area (Å²) in [5.41, 5.74) is 1.58. The summed E-state index contributed by atoms with van der Waals surface area (Å²) in [6.07, 6.45) is 2.96. The predicted molar refractivity (Wildman–Crippen MR) is 156 cm³/mol. The molecule has 202 valence electrons. The topological polar surface area (TPSA) is 38.8 Å². The molecule has 38 heavy (non-hydrogen) atoms. The second kappa shape index (κ2) is 11.8. The van der Waals surface area contributed by atoms with Crippen molar-refractivity contribution in [2.24, 2.45) is 5.92 Å². The number of ether oxygens (including phenoxy) is 1. The normalized spacial score (nSPS) is 14.9. The molecule has 1 aliphatic rings. The first-order valence-corrected chi connectivity index (χ1v) is 15.5. The van der Waals surface area contributed by atoms with Crippen molar-refractivity contribution in [3.05, 3.63) is 89.7 Å². The number of methoxy groups -OCH3 is 1. The maximum Gasteiger partial charge on any atom is 0.338 e. The molecule has 1 aliphatic heterocycles. The van der Waals surface area contributed by atoms with Crippen molar-refractivity contribution < 1.29 is 18.3 Å². The Morgan fingerprint density at radius 2 is 1.53 bits per heavy atom. The largest absolute Gasteiger partial charge is 0.465 e. The average Bonchev–Trinajstić information content (AvgIpc) is 2.92. The Bertz CT molecular complexity index is 1180. The summed E-state index contributed by atoms with van der Waals surface area (Å²) in [5.74, 6) is -0.347. The highest BCUT2D eigenvalue weighted by Crippen LogP contribution is 2.37. The molecule has 0 unspecified atom stereocenters. The molecule has 0 spiro atoms. The highest BCUT2D eigenvalue weighted by molar-refractivity contribution is 6.99. The summed E-state index contributed by atoms with van der Waals surface area (Å²) in [6, 6.07) is 24.6. The second-order valence-electron chi connectivity index (χ2n) is 11.3. The van der Waals surface area contributed by atoms with Gasteiger partial charge in [0, 0.05) is 19.7 Å². The van der Waals surface area contributed by atoms with Crippen LogP contribution in [0.5, 0.6) is 0 Å². The van der Waals surface area contributed by atoms with Crippen LogP contribution in [0.3, 0.4) is 0 Å². The zero-order chi connectivity index (χ0) is 27.3. The monoisotopic (exact) mass is 533 g/mol. The number of hydrogen-bond donors (Lipinski definition) is 0. The van der Waals surface area contributed by atoms with Gasteiger partial charge in [-0.2, -0.15) is 0 Å². The van der Waals surface area contributed by atoms with Crippen LogP contribution in [0.15, 0.2) is 72.8 Å². The second-order valence-corrected chi connectivity index (χ2v) is 15.6. The minimum atomic E-state index is -2.53. The van der Waals surface area contributed by atoms with E-state index in [1.165, 1.54) is 23.5 Å². The fourth-order valence-corrected chi connectivity index (χ4v) is 10.4. The van der Waals surface area contributed by atoms with Gasteiger partial charge in [0.05, 0.1) is 18.4 Å². The lowest BCUT2D eigenvalue weighted by Crippen LogP contribution is -2.66. The minimum Gasteiger partial charge on any atom is -0.465 e. The van der Waals surface area contributed by atoms with Crippen molar-refractivity contribution in [3.8, 4) is 0 Å². The fourth-order valence-electron chi connectivity index (χ4n) is 5.84. The van der Waals surface area contributed by atoms with E-state index in [9.17, 15) is 9.18 Å². The summed E-state index contributed by atoms with van der Waals surface area (Å²) in [5, 5.41) is 2.56. The Kier molecular flexibility index (Phi) is 8.73. The van der Waals surface area contributed by atoms with Crippen LogP contribution in [0.25, 0.3) is 0 Å². The van der Waals surface area contributed by atoms with E-state index in [4.69, 9.17) is 9.16 Å². The number of benzene rings is 3. The van der Waals surface area contributed by atoms with Gasteiger partial charge in [-0.3, -0.25) is 0 Å². The number of carbonyl (C=O) groups excluding carboxylic acids is 1. The molecule has 3 aromatic carbocycles. The van der Waals surface area contributed by atoms with Crippen LogP contribution >= 0.6 is 0 Å². The zero-order valence-corrected chi connectivity index (χ0v) is 24.3. The maximum absolute atomic E-state index is 14.9. The van der Waals surface area contributed by atoms with Gasteiger partial charge in [0.2, 0.25) is 0 Å². The lowest BCUT2D eigenvalue weighted by Gasteiger charge is -2.43. The molecule has 4 rings (SSSR count). The Morgan fingerprint density at radius 1 is 0.974 bits per heavy atom. The SMILES string of the molecule is COC(=O)c1cc(F)c(N2CCC(CCO[Si](c3ccccc3)(c3ccccc3)C(C)(C)C)CC2)cc1C. The molecule has 1 saturated heterocycles. The quantitative estimate of drug-likeness (QED) is 0.259. The van der Waals surface area contributed by atoms with Crippen molar-refractivity contribution in [2.45, 2.75) is 52.0 Å². The molecule has 0 aliphatic carbocycles. The number of aryl methyl sites for hydroxylation is 1. The van der Waals surface area contributed by atoms with Crippen molar-refractivity contribution in [2.75, 3.05) is 31.7 Å². The van der Waals surface area contributed by atoms with Crippen LogP contribution < -0.4 is 15.3 Å². The van der Waals surface area contributed by atoms with Crippen LogP contribution in [-0.4, -0.2) is 41.1 Å². The predicted octanol–water partition coefficient (Wildman–Crippen LogP) is 6.10. The van der Waals surface area contributed by atoms with E-state index < -0.39 is 14.3 Å². The Hall–Kier alpha value is -2.96. The van der Waals surface area contributed by atoms with Gasteiger partial charge >= 0.3 is 5.97 Å². The standard InChI is InChI=1S/C32H40FNO3Si/c1-24-22-30(29(33)23-28(24)31(35)36-5)34-19-16-25(17-20-34)18-21-37-38(32(2,3)4,26-12-8-6-9-13-26)27-14-10-7-11-15-27/h6-15,22-23,25H,16-21H2,1-5H3. The summed E-state index contributed by atoms with van der Waals surface area (Å²) >= 11 is 0. The van der Waals surface area contributed by atoms with Crippen molar-refractivity contribution in [3.63, 3.8) is 0 Å². The molecule has 0 aromatic heterocycles. The first-order chi connectivity index (χ1) is 18.2. The number of halogens is 1. The number of anilines is 1. The molecule has 0 saturated carbocycles. The van der Waals surface area contributed by atoms with Gasteiger partial charge in [-0.25, -0.2) is 9.18 Å². The summed E-state index contributed by atoms with van der Waals surface area (Å²) in [7, 11) is -1.21. The Labute approximate surface area is 227 Å². The van der Waals surface area contributed by atoms with Crippen LogP contribution in [-0.2, 0) is 9.16 Å². The highest BCUT2D eigenvalue weighted by atomic mass is 28.4. The van der Waals surface area contributed by atoms with Crippen LogP contribution in [0.1, 0.15) is 56.0 Å². The van der Waals surface area contributed by atoms with Crippen molar-refractivity contribution in [1.82, 2.24) is 0 Å². The number of carbonyl (C=O) groups is 1. The zero-order valence-electron chi connectivity index (χ0n) is 23.3. The van der Waals surface area contributed by atoms with E-state index in [0.717, 1.165) is 37.9 Å². The molecule has 4 nitrogen and oxygen atoms in total. The third-order valence-electron chi connectivity index (χ3n) is 7.92. The number of hydrogen-bond acceptors (Lipinski definition) is 4. The van der Waals surface area contributed by atoms with Crippen LogP contribution in [0.4, 0.5) is 10.1 Å². The van der Waals surface area contributed by atoms with Gasteiger partial charge < -0.3 is 14.1 Å². The van der Waals surface area contributed by atoms with Gasteiger partial charge in [-0.15, -0.1) is 0 Å². The number of nitrogens with zero attached hydrogens (tertiary/aromatic N) is 1. The molecular weight excluding hydrogens is 493 g/mol. The molecule has 1 fully saturated rings.